The number of likely N-dealkylation sites (tertiary alicyclic amines) is 1. The maximum absolute atomic E-state index is 13.9. The summed E-state index contributed by atoms with van der Waals surface area (Å²) in [5, 5.41) is 35.1. The molecule has 1 aliphatic carbocycles. The number of fused-ring (bicyclic) bond motifs is 1. The fourth-order valence-corrected chi connectivity index (χ4v) is 7.92. The molecule has 0 spiro atoms. The minimum atomic E-state index is -0.984. The zero-order chi connectivity index (χ0) is 33.8. The van der Waals surface area contributed by atoms with Gasteiger partial charge in [-0.05, 0) is 108 Å². The zero-order valence-corrected chi connectivity index (χ0v) is 28.0. The highest BCUT2D eigenvalue weighted by molar-refractivity contribution is 7.09. The molecule has 3 N–H and O–H groups in total. The summed E-state index contributed by atoms with van der Waals surface area (Å²) in [5.74, 6) is -1.70. The highest BCUT2D eigenvalue weighted by Crippen LogP contribution is 2.47. The number of aromatic hydroxyl groups is 1. The predicted octanol–water partition coefficient (Wildman–Crippen LogP) is 6.94. The molecule has 0 saturated carbocycles. The number of allylic oxidation sites excluding steroid dienone is 1. The summed E-state index contributed by atoms with van der Waals surface area (Å²) < 4.78 is 6.16. The average molecular weight is 664 g/mol. The number of carbonyl (C=O) groups excluding carboxylic acids is 2. The van der Waals surface area contributed by atoms with Crippen molar-refractivity contribution in [2.75, 3.05) is 13.2 Å². The molecule has 7 nitrogen and oxygen atoms in total. The van der Waals surface area contributed by atoms with Crippen LogP contribution in [0.2, 0.25) is 0 Å². The fourth-order valence-electron chi connectivity index (χ4n) is 7.23. The van der Waals surface area contributed by atoms with Gasteiger partial charge >= 0.3 is 0 Å². The van der Waals surface area contributed by atoms with Gasteiger partial charge in [0.1, 0.15) is 18.1 Å². The number of benzene rings is 3. The molecule has 6 rings (SSSR count). The lowest BCUT2D eigenvalue weighted by molar-refractivity contribution is -0.140. The molecule has 48 heavy (non-hydrogen) atoms. The Morgan fingerprint density at radius 1 is 0.979 bits per heavy atom. The number of amides is 2. The van der Waals surface area contributed by atoms with Crippen LogP contribution in [0.3, 0.4) is 0 Å². The Kier molecular flexibility index (Phi) is 10.2. The summed E-state index contributed by atoms with van der Waals surface area (Å²) in [4.78, 5) is 29.8. The van der Waals surface area contributed by atoms with Crippen molar-refractivity contribution in [2.45, 2.75) is 45.8 Å². The molecule has 0 unspecified atom stereocenters. The van der Waals surface area contributed by atoms with Crippen molar-refractivity contribution < 1.29 is 29.6 Å². The third-order valence-electron chi connectivity index (χ3n) is 9.57. The van der Waals surface area contributed by atoms with Crippen LogP contribution in [-0.4, -0.2) is 51.4 Å². The molecule has 4 atom stereocenters. The Hall–Kier alpha value is -4.50. The summed E-state index contributed by atoms with van der Waals surface area (Å²) >= 11 is 1.49. The first-order chi connectivity index (χ1) is 23.2. The van der Waals surface area contributed by atoms with E-state index in [1.165, 1.54) is 16.2 Å². The molecule has 2 heterocycles. The van der Waals surface area contributed by atoms with Crippen LogP contribution in [0.4, 0.5) is 0 Å². The van der Waals surface area contributed by atoms with Gasteiger partial charge in [0.15, 0.2) is 0 Å². The molecular formula is C40H41NO6S. The van der Waals surface area contributed by atoms with Gasteiger partial charge in [0.05, 0.1) is 31.1 Å². The van der Waals surface area contributed by atoms with E-state index in [9.17, 15) is 24.9 Å². The monoisotopic (exact) mass is 663 g/mol. The Balaban J connectivity index is 1.32. The van der Waals surface area contributed by atoms with Crippen LogP contribution >= 0.6 is 11.3 Å². The number of aliphatic hydroxyl groups excluding tert-OH is 2. The minimum absolute atomic E-state index is 0.135. The number of aliphatic hydroxyl groups is 2. The number of carbonyl (C=O) groups is 2. The molecule has 0 bridgehead atoms. The van der Waals surface area contributed by atoms with Crippen LogP contribution in [0.5, 0.6) is 11.5 Å². The number of phenolic OH excluding ortho intramolecular Hbond substituents is 1. The largest absolute Gasteiger partial charge is 0.507 e. The van der Waals surface area contributed by atoms with Crippen LogP contribution in [-0.2, 0) is 16.1 Å². The quantitative estimate of drug-likeness (QED) is 0.0862. The number of para-hydroxylation sites is 1. The number of hydrogen-bond donors (Lipinski definition) is 3. The van der Waals surface area contributed by atoms with Gasteiger partial charge in [-0.15, -0.1) is 11.3 Å². The molecule has 248 valence electrons. The van der Waals surface area contributed by atoms with E-state index in [0.29, 0.717) is 24.2 Å². The smallest absolute Gasteiger partial charge is 0.234 e. The standard InChI is InChI=1S/C40H41NO6S/c1-25-18-27(19-26(2)38(25)44)20-29(28-10-5-3-6-11-28)15-16-35(43)36-30(24-47-31-12-7-4-8-13-31)21-33-37(34(36)23-42)40(46)41(39(33)45)22-32-14-9-17-48-32/h3-14,17-20,33-35,37,42-44H,15-16,21-24H2,1-2H3/b29-20-/t33-,34+,35-,37-/m1/s1. The summed E-state index contributed by atoms with van der Waals surface area (Å²) in [5.41, 5.74) is 5.88. The Morgan fingerprint density at radius 2 is 1.67 bits per heavy atom. The lowest BCUT2D eigenvalue weighted by Crippen LogP contribution is -2.40. The van der Waals surface area contributed by atoms with E-state index in [1.54, 1.807) is 0 Å². The first-order valence-electron chi connectivity index (χ1n) is 16.4. The highest BCUT2D eigenvalue weighted by Gasteiger charge is 2.55. The summed E-state index contributed by atoms with van der Waals surface area (Å²) in [7, 11) is 0. The number of phenols is 1. The van der Waals surface area contributed by atoms with Crippen molar-refractivity contribution >= 4 is 34.8 Å². The zero-order valence-electron chi connectivity index (χ0n) is 27.2. The van der Waals surface area contributed by atoms with Crippen LogP contribution < -0.4 is 4.74 Å². The average Bonchev–Trinajstić information content (AvgIpc) is 3.70. The molecule has 3 aromatic carbocycles. The molecular weight excluding hydrogens is 623 g/mol. The molecule has 4 aromatic rings. The van der Waals surface area contributed by atoms with Gasteiger partial charge in [-0.25, -0.2) is 0 Å². The van der Waals surface area contributed by atoms with Gasteiger partial charge < -0.3 is 20.1 Å². The van der Waals surface area contributed by atoms with Gasteiger partial charge in [0.2, 0.25) is 11.8 Å². The normalized spacial score (nSPS) is 20.3. The number of aryl methyl sites for hydroxylation is 2. The van der Waals surface area contributed by atoms with E-state index >= 15 is 0 Å². The number of hydrogen-bond acceptors (Lipinski definition) is 7. The fraction of sp³-hybridized carbons (Fsp3) is 0.300. The predicted molar refractivity (Wildman–Crippen MR) is 188 cm³/mol. The lowest BCUT2D eigenvalue weighted by Gasteiger charge is -2.36. The Labute approximate surface area is 285 Å². The summed E-state index contributed by atoms with van der Waals surface area (Å²) in [6.07, 6.45) is 2.21. The van der Waals surface area contributed by atoms with Gasteiger partial charge in [-0.3, -0.25) is 14.5 Å². The molecule has 1 aliphatic heterocycles. The van der Waals surface area contributed by atoms with Crippen molar-refractivity contribution in [2.24, 2.45) is 17.8 Å². The van der Waals surface area contributed by atoms with Crippen molar-refractivity contribution in [1.29, 1.82) is 0 Å². The molecule has 1 aromatic heterocycles. The van der Waals surface area contributed by atoms with Crippen LogP contribution in [0, 0.1) is 31.6 Å². The van der Waals surface area contributed by atoms with Gasteiger partial charge in [-0.1, -0.05) is 60.7 Å². The highest BCUT2D eigenvalue weighted by atomic mass is 32.1. The second-order valence-corrected chi connectivity index (χ2v) is 13.8. The lowest BCUT2D eigenvalue weighted by atomic mass is 9.68. The number of imide groups is 1. The topological polar surface area (TPSA) is 107 Å². The van der Waals surface area contributed by atoms with Gasteiger partial charge in [-0.2, -0.15) is 0 Å². The van der Waals surface area contributed by atoms with Gasteiger partial charge in [0, 0.05) is 10.8 Å². The molecule has 1 fully saturated rings. The minimum Gasteiger partial charge on any atom is -0.507 e. The van der Waals surface area contributed by atoms with E-state index in [1.807, 2.05) is 104 Å². The first-order valence-corrected chi connectivity index (χ1v) is 17.3. The van der Waals surface area contributed by atoms with Crippen molar-refractivity contribution in [3.63, 3.8) is 0 Å². The second-order valence-electron chi connectivity index (χ2n) is 12.7. The maximum Gasteiger partial charge on any atom is 0.234 e. The molecule has 2 amide bonds. The number of nitrogens with zero attached hydrogens (tertiary/aromatic N) is 1. The van der Waals surface area contributed by atoms with Crippen molar-refractivity contribution in [3.05, 3.63) is 129 Å². The summed E-state index contributed by atoms with van der Waals surface area (Å²) in [6, 6.07) is 27.0. The van der Waals surface area contributed by atoms with Gasteiger partial charge in [0.25, 0.3) is 0 Å². The maximum atomic E-state index is 13.9. The van der Waals surface area contributed by atoms with E-state index in [0.717, 1.165) is 38.3 Å². The number of thiophene rings is 1. The SMILES string of the molecule is Cc1cc(/C=C(/CC[C@@H](O)C2=C(COc3ccccc3)C[C@H]3C(=O)N(Cc4cccs4)C(=O)[C@H]3[C@H]2CO)c2ccccc2)cc(C)c1O. The summed E-state index contributed by atoms with van der Waals surface area (Å²) in [6.45, 7) is 3.71. The Morgan fingerprint density at radius 3 is 2.31 bits per heavy atom. The number of rotatable bonds is 12. The van der Waals surface area contributed by atoms with E-state index in [2.05, 4.69) is 6.08 Å². The van der Waals surface area contributed by atoms with Crippen LogP contribution in [0.15, 0.2) is 101 Å². The molecule has 0 radical (unpaired) electrons. The molecule has 2 aliphatic rings. The first kappa shape index (κ1) is 33.4. The molecule has 1 saturated heterocycles. The van der Waals surface area contributed by atoms with E-state index < -0.39 is 23.9 Å². The van der Waals surface area contributed by atoms with Crippen LogP contribution in [0.1, 0.15) is 46.4 Å². The van der Waals surface area contributed by atoms with E-state index in [-0.39, 0.29) is 43.7 Å². The van der Waals surface area contributed by atoms with E-state index in [4.69, 9.17) is 4.74 Å². The molecule has 8 heteroatoms. The van der Waals surface area contributed by atoms with Crippen LogP contribution in [0.25, 0.3) is 11.6 Å². The second kappa shape index (κ2) is 14.7. The third kappa shape index (κ3) is 7.02. The third-order valence-corrected chi connectivity index (χ3v) is 10.4. The number of ether oxygens (including phenoxy) is 1. The Bertz CT molecular complexity index is 1790. The van der Waals surface area contributed by atoms with Crippen molar-refractivity contribution in [3.8, 4) is 11.5 Å². The van der Waals surface area contributed by atoms with Crippen molar-refractivity contribution in [1.82, 2.24) is 4.90 Å².